The summed E-state index contributed by atoms with van der Waals surface area (Å²) in [5.41, 5.74) is 26.2. The van der Waals surface area contributed by atoms with E-state index in [2.05, 4.69) is 82.2 Å². The number of carboxylic acid groups (broad SMARTS) is 1. The Morgan fingerprint density at radius 3 is 1.51 bits per heavy atom. The molecular weight excluding hydrogens is 1440 g/mol. The minimum absolute atomic E-state index is 0.0413. The highest BCUT2D eigenvalue weighted by molar-refractivity contribution is 6.13. The summed E-state index contributed by atoms with van der Waals surface area (Å²) in [5, 5.41) is 18.7. The van der Waals surface area contributed by atoms with Gasteiger partial charge in [-0.25, -0.2) is 15.0 Å². The first-order valence-electron chi connectivity index (χ1n) is 39.6. The van der Waals surface area contributed by atoms with Crippen LogP contribution in [0.25, 0.3) is 12.2 Å². The van der Waals surface area contributed by atoms with Crippen molar-refractivity contribution >= 4 is 64.3 Å². The molecular formula is C91H114N12O11. The maximum Gasteiger partial charge on any atom is 0.306 e. The number of aromatic amines is 6. The van der Waals surface area contributed by atoms with Gasteiger partial charge in [-0.1, -0.05) is 59.0 Å². The van der Waals surface area contributed by atoms with Crippen molar-refractivity contribution in [3.05, 3.63) is 258 Å². The van der Waals surface area contributed by atoms with Crippen LogP contribution >= 0.6 is 0 Å². The van der Waals surface area contributed by atoms with Crippen molar-refractivity contribution in [2.24, 2.45) is 30.0 Å². The molecule has 0 spiro atoms. The van der Waals surface area contributed by atoms with Gasteiger partial charge in [0.05, 0.1) is 117 Å². The van der Waals surface area contributed by atoms with Crippen LogP contribution in [0.4, 0.5) is 0 Å². The van der Waals surface area contributed by atoms with Crippen molar-refractivity contribution in [1.29, 1.82) is 0 Å². The summed E-state index contributed by atoms with van der Waals surface area (Å²) in [4.78, 5) is 82.3. The molecule has 0 saturated heterocycles. The van der Waals surface area contributed by atoms with E-state index in [0.717, 1.165) is 198 Å². The zero-order valence-electron chi connectivity index (χ0n) is 68.8. The van der Waals surface area contributed by atoms with Gasteiger partial charge < -0.3 is 68.5 Å². The molecule has 2 atom stereocenters. The molecule has 0 bridgehead atoms. The fraction of sp³-hybridized carbons (Fsp3) is 0.396. The number of methoxy groups -OCH3 is 3. The number of nitrogens with one attached hydrogen (secondary N) is 6. The molecule has 6 aromatic rings. The van der Waals surface area contributed by atoms with E-state index in [9.17, 15) is 19.5 Å². The monoisotopic (exact) mass is 1550 g/mol. The zero-order chi connectivity index (χ0) is 81.8. The van der Waals surface area contributed by atoms with Gasteiger partial charge in [-0.3, -0.25) is 29.4 Å². The summed E-state index contributed by atoms with van der Waals surface area (Å²) >= 11 is 0. The van der Waals surface area contributed by atoms with Crippen LogP contribution in [0.2, 0.25) is 0 Å². The predicted octanol–water partition coefficient (Wildman–Crippen LogP) is 18.1. The highest BCUT2D eigenvalue weighted by Gasteiger charge is 2.28. The van der Waals surface area contributed by atoms with Gasteiger partial charge in [-0.2, -0.15) is 0 Å². The number of carbonyl (C=O) groups excluding carboxylic acids is 2. The summed E-state index contributed by atoms with van der Waals surface area (Å²) < 4.78 is 32.6. The number of aliphatic hydroxyl groups is 1. The minimum atomic E-state index is -0.791. The van der Waals surface area contributed by atoms with Crippen LogP contribution in [-0.4, -0.2) is 152 Å². The Bertz CT molecular complexity index is 4880. The van der Waals surface area contributed by atoms with Crippen molar-refractivity contribution in [2.75, 3.05) is 47.8 Å². The van der Waals surface area contributed by atoms with Crippen molar-refractivity contribution in [2.45, 2.75) is 191 Å². The Morgan fingerprint density at radius 2 is 0.991 bits per heavy atom. The Balaban J connectivity index is 0.000000175. The molecule has 0 aliphatic carbocycles. The number of H-pyrrole nitrogens is 6. The second-order valence-corrected chi connectivity index (χ2v) is 28.5. The molecule has 0 radical (unpaired) electrons. The lowest BCUT2D eigenvalue weighted by molar-refractivity contribution is -0.144. The number of rotatable bonds is 36. The smallest absolute Gasteiger partial charge is 0.306 e. The summed E-state index contributed by atoms with van der Waals surface area (Å²) in [6.45, 7) is 28.2. The van der Waals surface area contributed by atoms with Crippen LogP contribution in [-0.2, 0) is 55.6 Å². The molecule has 23 heteroatoms. The zero-order valence-corrected chi connectivity index (χ0v) is 68.8. The lowest BCUT2D eigenvalue weighted by Gasteiger charge is -2.11. The van der Waals surface area contributed by atoms with E-state index in [4.69, 9.17) is 58.5 Å². The third-order valence-electron chi connectivity index (χ3n) is 20.6. The van der Waals surface area contributed by atoms with Crippen molar-refractivity contribution in [1.82, 2.24) is 29.9 Å². The maximum atomic E-state index is 11.9. The first-order valence-corrected chi connectivity index (χ1v) is 39.6. The number of unbranched alkanes of at least 4 members (excludes halogenated alkanes) is 6. The van der Waals surface area contributed by atoms with Crippen LogP contribution in [0.15, 0.2) is 220 Å². The summed E-state index contributed by atoms with van der Waals surface area (Å²) in [6, 6.07) is 15.4. The fourth-order valence-electron chi connectivity index (χ4n) is 14.1. The van der Waals surface area contributed by atoms with E-state index >= 15 is 0 Å². The Labute approximate surface area is 670 Å². The van der Waals surface area contributed by atoms with Crippen LogP contribution in [0, 0.1) is 27.7 Å². The van der Waals surface area contributed by atoms with Crippen LogP contribution in [0.1, 0.15) is 206 Å². The third kappa shape index (κ3) is 23.5. The molecule has 0 amide bonds. The number of aromatic nitrogens is 6. The first kappa shape index (κ1) is 86.4. The molecule has 12 heterocycles. The second kappa shape index (κ2) is 42.9. The summed E-state index contributed by atoms with van der Waals surface area (Å²) in [7, 11) is 4.92. The lowest BCUT2D eigenvalue weighted by atomic mass is 9.98. The van der Waals surface area contributed by atoms with E-state index < -0.39 is 5.97 Å². The minimum Gasteiger partial charge on any atom is -0.499 e. The van der Waals surface area contributed by atoms with Gasteiger partial charge in [0.2, 0.25) is 0 Å². The van der Waals surface area contributed by atoms with E-state index in [1.165, 1.54) is 43.3 Å². The Morgan fingerprint density at radius 1 is 0.500 bits per heavy atom. The van der Waals surface area contributed by atoms with E-state index in [1.54, 1.807) is 21.3 Å². The number of aliphatic hydroxyl groups excluding tert-OH is 1. The van der Waals surface area contributed by atoms with Gasteiger partial charge in [-0.05, 0) is 224 Å². The number of esters is 2. The predicted molar refractivity (Wildman–Crippen MR) is 455 cm³/mol. The van der Waals surface area contributed by atoms with Gasteiger partial charge >= 0.3 is 17.9 Å². The van der Waals surface area contributed by atoms with Crippen molar-refractivity contribution < 1.29 is 53.0 Å². The largest absolute Gasteiger partial charge is 0.499 e. The molecule has 2 unspecified atom stereocenters. The fourth-order valence-corrected chi connectivity index (χ4v) is 14.1. The number of carbonyl (C=O) groups is 3. The van der Waals surface area contributed by atoms with Crippen molar-refractivity contribution in [3.8, 4) is 0 Å². The van der Waals surface area contributed by atoms with E-state index in [-0.39, 0.29) is 37.0 Å². The second-order valence-electron chi connectivity index (χ2n) is 28.5. The number of ether oxygens (including phenoxy) is 6. The van der Waals surface area contributed by atoms with Crippen molar-refractivity contribution in [3.63, 3.8) is 0 Å². The number of aliphatic imine (C=N–C) groups is 6. The molecule has 6 aliphatic rings. The molecule has 8 N–H and O–H groups in total. The highest BCUT2D eigenvalue weighted by atomic mass is 16.5. The molecule has 23 nitrogen and oxygen atoms in total. The van der Waals surface area contributed by atoms with Gasteiger partial charge in [0.25, 0.3) is 0 Å². The molecule has 6 aliphatic heterocycles. The van der Waals surface area contributed by atoms with Gasteiger partial charge in [0.1, 0.15) is 34.7 Å². The number of hydrogen-bond donors (Lipinski definition) is 8. The maximum absolute atomic E-state index is 11.9. The van der Waals surface area contributed by atoms with Gasteiger partial charge in [-0.15, -0.1) is 0 Å². The molecule has 6 aromatic heterocycles. The summed E-state index contributed by atoms with van der Waals surface area (Å²) in [6.07, 6.45) is 37.1. The van der Waals surface area contributed by atoms with Gasteiger partial charge in [0, 0.05) is 108 Å². The van der Waals surface area contributed by atoms with E-state index in [0.29, 0.717) is 51.1 Å². The number of carboxylic acids is 1. The molecule has 12 rings (SSSR count). The van der Waals surface area contributed by atoms with Crippen LogP contribution in [0.3, 0.4) is 0 Å². The molecule has 604 valence electrons. The standard InChI is InChI=1S/C28H39N3O2.C23H29N3O3.C21H25N3O3.C19H21N3O3/c1-5-6-7-8-9-10-16-33-20(2)13-14-24-21(3)26(30-22(24)4)18-27-23(19-32)17-28(31-27)25-12-11-15-29-25;1-5-6-12-29-23(27)10-9-17-15(2)19(25-16(17)3)13-21-22(28-4)14-20(26-21)18-8-7-11-24-18;1-5-27-21(25)9-8-15-13(2)17(23-14(15)3)11-19-20(26-4)12-18(24-19)16-7-6-10-22-16;1-11-13(6-7-19(23)24)12(2)21-15(11)9-17-18(25-3)10-16(22-17)14-5-4-8-20-14/h11-12,15,17-18,26,29,32H,2,5-10,13-14,16,19H2,1,3-4H3;7-8,11,13-14,21,24H,5-6,9-10,12H2,1-4H3;6-7,10-12,22-23H,5,8-9H2,1-4H3;4-5,8-10,20-21H,6-7H2,1-3H3,(H,23,24)/b27-18-;19-13-;19-11-;17-9-. The van der Waals surface area contributed by atoms with Crippen LogP contribution < -0.4 is 0 Å². The lowest BCUT2D eigenvalue weighted by Crippen LogP contribution is -2.07. The number of hydrogen-bond acceptors (Lipinski definition) is 16. The number of allylic oxidation sites excluding steroid dienone is 8. The highest BCUT2D eigenvalue weighted by Crippen LogP contribution is 2.35. The third-order valence-corrected chi connectivity index (χ3v) is 20.6. The number of aryl methyl sites for hydroxylation is 2. The Kier molecular flexibility index (Phi) is 32.5. The Hall–Kier alpha value is -11.6. The average Bonchev–Trinajstić information content (AvgIpc) is 1.67. The quantitative estimate of drug-likeness (QED) is 0.0104. The number of aliphatic carboxylic acids is 1. The molecule has 0 fully saturated rings. The first-order chi connectivity index (χ1) is 55.1. The average molecular weight is 1550 g/mol. The van der Waals surface area contributed by atoms with Crippen LogP contribution in [0.5, 0.6) is 0 Å². The number of nitrogens with zero attached hydrogens (tertiary/aromatic N) is 6. The van der Waals surface area contributed by atoms with E-state index in [1.807, 2.05) is 157 Å². The molecule has 0 saturated carbocycles. The molecule has 0 aromatic carbocycles. The normalized spacial score (nSPS) is 17.6. The SMILES string of the molecule is C=C(CCC1=C(C)C(/C=C2\N=C(c3ccc[nH]3)C=C2CO)N=C1C)OCCCCCCCC.CCCCOC(=O)CCC1=C(C)/C(=C/C2N=C(c3ccc[nH]3)C=C2OC)N=C1C.CCOC(=O)CCc1c(C)[nH]c(/C=C2\N=C(c3ccc[nH]3)C=C2OC)c1C.COC1=CC(c2ccc[nH]2)=N/C1=C\c1[nH]c(C)c(CCC(=O)O)c1C. The topological polar surface area (TPSA) is 316 Å². The summed E-state index contributed by atoms with van der Waals surface area (Å²) in [5.74, 6) is 1.96. The molecule has 114 heavy (non-hydrogen) atoms. The van der Waals surface area contributed by atoms with Gasteiger partial charge in [0.15, 0.2) is 0 Å².